The molecule has 22 atom stereocenters. The van der Waals surface area contributed by atoms with Crippen molar-refractivity contribution in [2.75, 3.05) is 73.6 Å². The number of Topliss-reactive ketones (excluding diaryl/α,β-unsaturated/α-hetero) is 1. The van der Waals surface area contributed by atoms with Gasteiger partial charge in [-0.25, -0.2) is 24.0 Å². The van der Waals surface area contributed by atoms with E-state index < -0.39 is 230 Å². The molecule has 40 nitrogen and oxygen atoms in total. The number of unbranched alkanes of at least 4 members (excludes halogenated alkanes) is 2. The molecule has 2 saturated carbocycles. The van der Waals surface area contributed by atoms with Crippen LogP contribution in [0.3, 0.4) is 0 Å². The van der Waals surface area contributed by atoms with Gasteiger partial charge in [-0.05, 0) is 105 Å². The number of nitrogens with one attached hydrogen (secondary N) is 4. The van der Waals surface area contributed by atoms with Gasteiger partial charge in [0.2, 0.25) is 17.9 Å². The Bertz CT molecular complexity index is 4760. The first-order chi connectivity index (χ1) is 62.1. The number of hydrogen-bond acceptors (Lipinski definition) is 35. The third-order valence-corrected chi connectivity index (χ3v) is 24.4. The molecular weight excluding hydrogens is 1710 g/mol. The summed E-state index contributed by atoms with van der Waals surface area (Å²) < 4.78 is 87.6. The molecule has 130 heavy (non-hydrogen) atoms. The number of benzene rings is 4. The van der Waals surface area contributed by atoms with Crippen LogP contribution in [0.2, 0.25) is 0 Å². The van der Waals surface area contributed by atoms with Crippen LogP contribution in [0, 0.1) is 16.7 Å². The van der Waals surface area contributed by atoms with Gasteiger partial charge in [0.25, 0.3) is 5.91 Å². The zero-order valence-electron chi connectivity index (χ0n) is 73.5. The highest BCUT2D eigenvalue weighted by molar-refractivity contribution is 5.97. The lowest BCUT2D eigenvalue weighted by Crippen LogP contribution is -2.82. The average molecular weight is 1820 g/mol. The maximum Gasteiger partial charge on any atom is 0.407 e. The lowest BCUT2D eigenvalue weighted by Gasteiger charge is -2.67. The van der Waals surface area contributed by atoms with Crippen molar-refractivity contribution in [3.05, 3.63) is 161 Å². The van der Waals surface area contributed by atoms with Crippen LogP contribution < -0.4 is 26.0 Å². The van der Waals surface area contributed by atoms with E-state index in [0.29, 0.717) is 55.7 Å². The monoisotopic (exact) mass is 1820 g/mol. The van der Waals surface area contributed by atoms with Crippen molar-refractivity contribution in [3.63, 3.8) is 0 Å². The van der Waals surface area contributed by atoms with Crippen LogP contribution >= 0.6 is 0 Å². The van der Waals surface area contributed by atoms with Crippen LogP contribution in [0.1, 0.15) is 137 Å². The maximum absolute atomic E-state index is 16.0. The molecule has 3 saturated heterocycles. The molecule has 11 N–H and O–H groups in total. The second-order valence-electron chi connectivity index (χ2n) is 33.5. The third-order valence-electron chi connectivity index (χ3n) is 24.4. The summed E-state index contributed by atoms with van der Waals surface area (Å²) in [6, 6.07) is 27.5. The number of carbonyl (C=O) groups is 11. The van der Waals surface area contributed by atoms with Gasteiger partial charge in [0, 0.05) is 84.0 Å². The summed E-state index contributed by atoms with van der Waals surface area (Å²) in [5.74, 6) is -10.0. The van der Waals surface area contributed by atoms with Gasteiger partial charge in [0.1, 0.15) is 104 Å². The number of fused-ring (bicyclic) bond motifs is 5. The molecule has 5 aromatic rings. The number of carbonyl (C=O) groups excluding carboxylic acids is 11. The topological polar surface area (TPSA) is 547 Å². The molecule has 11 rings (SSSR count). The molecule has 0 radical (unpaired) electrons. The second-order valence-corrected chi connectivity index (χ2v) is 33.5. The molecule has 5 fully saturated rings. The molecule has 4 aromatic carbocycles. The van der Waals surface area contributed by atoms with Gasteiger partial charge in [-0.15, -0.1) is 5.10 Å². The number of hydrogen-bond donors (Lipinski definition) is 11. The Morgan fingerprint density at radius 2 is 1.36 bits per heavy atom. The van der Waals surface area contributed by atoms with Crippen LogP contribution in [0.4, 0.5) is 4.79 Å². The summed E-state index contributed by atoms with van der Waals surface area (Å²) in [7, 11) is 2.55. The van der Waals surface area contributed by atoms with Crippen LogP contribution in [0.5, 0.6) is 5.75 Å². The van der Waals surface area contributed by atoms with E-state index in [1.54, 1.807) is 109 Å². The number of ketones is 1. The van der Waals surface area contributed by atoms with Crippen molar-refractivity contribution in [1.29, 1.82) is 0 Å². The predicted molar refractivity (Wildman–Crippen MR) is 447 cm³/mol. The van der Waals surface area contributed by atoms with Crippen molar-refractivity contribution in [1.82, 2.24) is 36.3 Å². The molecule has 3 aliphatic heterocycles. The molecule has 0 spiro atoms. The highest BCUT2D eigenvalue weighted by Crippen LogP contribution is 2.65. The van der Waals surface area contributed by atoms with E-state index in [9.17, 15) is 78.9 Å². The molecule has 6 aliphatic rings. The van der Waals surface area contributed by atoms with E-state index in [4.69, 9.17) is 71.1 Å². The van der Waals surface area contributed by atoms with Crippen LogP contribution in [0.15, 0.2) is 133 Å². The summed E-state index contributed by atoms with van der Waals surface area (Å²) in [5, 5.41) is 98.8. The first kappa shape index (κ1) is 99.7. The summed E-state index contributed by atoms with van der Waals surface area (Å²) in [6.45, 7) is 7.51. The zero-order chi connectivity index (χ0) is 93.9. The predicted octanol–water partition coefficient (Wildman–Crippen LogP) is 1.53. The lowest BCUT2D eigenvalue weighted by molar-refractivity contribution is -0.346. The highest BCUT2D eigenvalue weighted by atomic mass is 16.7. The zero-order valence-corrected chi connectivity index (χ0v) is 73.5. The Balaban J connectivity index is 0.647. The highest BCUT2D eigenvalue weighted by Gasteiger charge is 2.78. The SMILES string of the molecule is CCOC(=O)[C@@H](Cc1ccc(OCCNC(=O)O[C@@H]2C(O)[C@@H](OC)OC(CO[C@H]3OC(COC)[C@@H](O)[C@H](O)C3O)[C@H]2O)cc1)NC(=O)CCCCCn1cc(CCCNC(=O)COCC(=O)O[C@@H](C(=O)O[C@H]2C[C@@]3(O)[C@@H](OC(=O)c4ccccc4)[C@@H]4[C@]5(OC(C)=O)CO[C@@H]5C[C@H](O)[C@@]4(C)C(=O)[C@H](OC(C)=O)C(=C2C)C3(C)C)[C@@H](NC(=O)c2ccccc2)c2ccccc2)nn1. The average Bonchev–Trinajstić information content (AvgIpc) is 0.751. The summed E-state index contributed by atoms with van der Waals surface area (Å²) in [5.41, 5.74) is -6.90. The minimum absolute atomic E-state index is 0.00664. The van der Waals surface area contributed by atoms with Crippen molar-refractivity contribution in [2.24, 2.45) is 16.7 Å². The van der Waals surface area contributed by atoms with Gasteiger partial charge in [0.15, 0.2) is 36.2 Å². The van der Waals surface area contributed by atoms with E-state index in [2.05, 4.69) is 31.6 Å². The Morgan fingerprint density at radius 1 is 0.685 bits per heavy atom. The summed E-state index contributed by atoms with van der Waals surface area (Å²) in [4.78, 5) is 154. The van der Waals surface area contributed by atoms with Crippen molar-refractivity contribution >= 4 is 65.4 Å². The van der Waals surface area contributed by atoms with Gasteiger partial charge in [-0.2, -0.15) is 0 Å². The van der Waals surface area contributed by atoms with E-state index in [1.807, 2.05) is 0 Å². The number of aromatic nitrogens is 3. The molecule has 1 aromatic heterocycles. The Labute approximate surface area is 748 Å². The standard InChI is InChI=1S/C90H115N7O33/c1-10-119-82(112)58(40-52-32-34-57(35-33-52)120-39-37-92-86(114)128-76-70(105)61(125-84(117-9)73(76)108)45-121-85-72(107)71(106)69(104)60(126-85)44-116-8)93-64(101)31-21-14-22-38-97-43-56(95-96-97)30-23-36-91-65(102)46-118-47-66(103)127-75(68(53-24-15-11-16-25-53)94-80(110)54-26-17-12-18-27-54)83(113)124-59-42-90(115)79(129-81(111)55-28-19-13-20-29-55)77-88(7,62(100)41-63-89(77,48-122-63)130-51(4)99)78(109)74(123-50(3)98)67(49(59)2)87(90,5)6/h11-13,15-20,24-29,32-35,43,58-63,68-77,79,84-85,100,104-108,115H,10,14,21-23,30-31,36-42,44-48H2,1-9H3,(H,91,102)(H,92,114)(H,93,101)(H,94,110)/t58-,59+,60?,61?,62+,63-,68+,69-,70-,71+,72?,73?,74-,75-,76+,77+,79+,84+,85+,88-,89+,90-/m1/s1. The third kappa shape index (κ3) is 23.4. The number of alkyl carbamates (subject to hydrolysis) is 1. The fourth-order valence-electron chi connectivity index (χ4n) is 17.6. The van der Waals surface area contributed by atoms with Crippen molar-refractivity contribution in [2.45, 2.75) is 234 Å². The van der Waals surface area contributed by atoms with E-state index in [0.717, 1.165) is 13.8 Å². The van der Waals surface area contributed by atoms with Crippen LogP contribution in [0.25, 0.3) is 0 Å². The molecule has 4 unspecified atom stereocenters. The van der Waals surface area contributed by atoms with Crippen molar-refractivity contribution < 1.29 is 160 Å². The second kappa shape index (κ2) is 44.9. The largest absolute Gasteiger partial charge is 0.492 e. The molecule has 708 valence electrons. The van der Waals surface area contributed by atoms with Crippen LogP contribution in [-0.4, -0.2) is 305 Å². The van der Waals surface area contributed by atoms with Gasteiger partial charge in [-0.1, -0.05) is 104 Å². The van der Waals surface area contributed by atoms with E-state index in [1.165, 1.54) is 66.2 Å². The Hall–Kier alpha value is -10.8. The summed E-state index contributed by atoms with van der Waals surface area (Å²) >= 11 is 0. The maximum atomic E-state index is 16.0. The number of amides is 4. The smallest absolute Gasteiger partial charge is 0.407 e. The number of rotatable bonds is 41. The quantitative estimate of drug-likeness (QED) is 0.0114. The number of aliphatic hydroxyl groups is 7. The normalized spacial score (nSPS) is 28.5. The van der Waals surface area contributed by atoms with Gasteiger partial charge < -0.3 is 128 Å². The molecule has 40 heteroatoms. The van der Waals surface area contributed by atoms with E-state index in [-0.39, 0.29) is 85.9 Å². The fourth-order valence-corrected chi connectivity index (χ4v) is 17.6. The van der Waals surface area contributed by atoms with Gasteiger partial charge in [0.05, 0.1) is 61.7 Å². The number of aliphatic hydroxyl groups excluding tert-OH is 6. The number of methoxy groups -OCH3 is 2. The molecular formula is C90H115N7O33. The fraction of sp³-hybridized carbons (Fsp3) is 0.567. The number of esters is 6. The van der Waals surface area contributed by atoms with Crippen molar-refractivity contribution in [3.8, 4) is 5.75 Å². The Kier molecular flexibility index (Phi) is 34.4. The number of aryl methyl sites for hydroxylation is 2. The first-order valence-corrected chi connectivity index (χ1v) is 43.0. The lowest BCUT2D eigenvalue weighted by atomic mass is 9.44. The molecule has 3 aliphatic carbocycles. The first-order valence-electron chi connectivity index (χ1n) is 43.0. The molecule has 4 heterocycles. The minimum atomic E-state index is -2.57. The molecule has 4 amide bonds. The molecule has 2 bridgehead atoms. The number of nitrogens with zero attached hydrogens (tertiary/aromatic N) is 3. The number of ether oxygens (including phenoxy) is 15. The minimum Gasteiger partial charge on any atom is -0.492 e. The van der Waals surface area contributed by atoms with E-state index >= 15 is 9.59 Å². The van der Waals surface area contributed by atoms with Crippen LogP contribution in [-0.2, 0) is 124 Å². The van der Waals surface area contributed by atoms with Gasteiger partial charge >= 0.3 is 41.9 Å². The Morgan fingerprint density at radius 3 is 2.02 bits per heavy atom. The van der Waals surface area contributed by atoms with Gasteiger partial charge in [-0.3, -0.25) is 33.4 Å². The summed E-state index contributed by atoms with van der Waals surface area (Å²) in [6.07, 6.45) is -23.2.